The molecule has 1 fully saturated rings. The fraction of sp³-hybridized carbons (Fsp3) is 0.650. The van der Waals surface area contributed by atoms with Crippen molar-refractivity contribution in [2.24, 2.45) is 0 Å². The maximum Gasteiger partial charge on any atom is 0.231 e. The highest BCUT2D eigenvalue weighted by Gasteiger charge is 2.22. The first-order valence-corrected chi connectivity index (χ1v) is 9.72. The summed E-state index contributed by atoms with van der Waals surface area (Å²) in [5.74, 6) is 1.78. The Kier molecular flexibility index (Phi) is 6.38. The number of hydrogen-bond acceptors (Lipinski definition) is 5. The third-order valence-corrected chi connectivity index (χ3v) is 5.37. The molecule has 1 saturated heterocycles. The van der Waals surface area contributed by atoms with Crippen molar-refractivity contribution in [2.75, 3.05) is 33.0 Å². The standard InChI is InChI=1S/C20H31N3O3/c1-4-23(16(3)21-20(24)8-11-22-9-5-10-22)15(2)12-17-6-7-18-19(13-17)26-14-25-18/h6-7,13,15-16H,4-5,8-12,14H2,1-3H3,(H,21,24). The van der Waals surface area contributed by atoms with Gasteiger partial charge in [0.15, 0.2) is 11.5 Å². The summed E-state index contributed by atoms with van der Waals surface area (Å²) in [5.41, 5.74) is 1.22. The molecular weight excluding hydrogens is 330 g/mol. The summed E-state index contributed by atoms with van der Waals surface area (Å²) in [6.07, 6.45) is 2.77. The molecule has 0 aliphatic carbocycles. The summed E-state index contributed by atoms with van der Waals surface area (Å²) in [6.45, 7) is 10.7. The highest BCUT2D eigenvalue weighted by atomic mass is 16.7. The molecule has 144 valence electrons. The maximum atomic E-state index is 12.2. The molecule has 0 aromatic heterocycles. The molecular formula is C20H31N3O3. The first-order valence-electron chi connectivity index (χ1n) is 9.72. The minimum atomic E-state index is 0.0212. The maximum absolute atomic E-state index is 12.2. The van der Waals surface area contributed by atoms with Gasteiger partial charge >= 0.3 is 0 Å². The van der Waals surface area contributed by atoms with Gasteiger partial charge in [0.2, 0.25) is 12.7 Å². The average Bonchev–Trinajstić information content (AvgIpc) is 3.01. The molecule has 2 aliphatic heterocycles. The van der Waals surface area contributed by atoms with E-state index in [0.717, 1.165) is 44.1 Å². The number of benzene rings is 1. The predicted octanol–water partition coefficient (Wildman–Crippen LogP) is 2.23. The van der Waals surface area contributed by atoms with Crippen LogP contribution in [0.3, 0.4) is 0 Å². The van der Waals surface area contributed by atoms with Gasteiger partial charge < -0.3 is 19.7 Å². The van der Waals surface area contributed by atoms with Crippen molar-refractivity contribution in [3.8, 4) is 11.5 Å². The van der Waals surface area contributed by atoms with Crippen molar-refractivity contribution >= 4 is 5.91 Å². The van der Waals surface area contributed by atoms with Crippen LogP contribution in [-0.2, 0) is 11.2 Å². The van der Waals surface area contributed by atoms with Crippen LogP contribution in [0.1, 0.15) is 39.2 Å². The van der Waals surface area contributed by atoms with Crippen LogP contribution >= 0.6 is 0 Å². The number of rotatable bonds is 9. The Labute approximate surface area is 156 Å². The summed E-state index contributed by atoms with van der Waals surface area (Å²) in [6, 6.07) is 6.43. The molecule has 2 unspecified atom stereocenters. The van der Waals surface area contributed by atoms with Gasteiger partial charge in [-0.2, -0.15) is 0 Å². The zero-order chi connectivity index (χ0) is 18.5. The van der Waals surface area contributed by atoms with Gasteiger partial charge in [0.05, 0.1) is 6.17 Å². The average molecular weight is 361 g/mol. The molecule has 3 rings (SSSR count). The number of nitrogens with zero attached hydrogens (tertiary/aromatic N) is 2. The lowest BCUT2D eigenvalue weighted by molar-refractivity contribution is -0.123. The first-order chi connectivity index (χ1) is 12.6. The van der Waals surface area contributed by atoms with E-state index in [4.69, 9.17) is 9.47 Å². The van der Waals surface area contributed by atoms with Gasteiger partial charge in [0, 0.05) is 19.0 Å². The van der Waals surface area contributed by atoms with Crippen molar-refractivity contribution in [3.63, 3.8) is 0 Å². The lowest BCUT2D eigenvalue weighted by Crippen LogP contribution is -2.51. The number of amides is 1. The summed E-state index contributed by atoms with van der Waals surface area (Å²) in [7, 11) is 0. The quantitative estimate of drug-likeness (QED) is 0.684. The van der Waals surface area contributed by atoms with Gasteiger partial charge in [0.25, 0.3) is 0 Å². The molecule has 1 aromatic rings. The molecule has 0 bridgehead atoms. The SMILES string of the molecule is CCN(C(C)Cc1ccc2c(c1)OCO2)C(C)NC(=O)CCN1CCC1. The van der Waals surface area contributed by atoms with E-state index >= 15 is 0 Å². The number of fused-ring (bicyclic) bond motifs is 1. The third-order valence-electron chi connectivity index (χ3n) is 5.37. The molecule has 1 N–H and O–H groups in total. The van der Waals surface area contributed by atoms with Crippen molar-refractivity contribution in [2.45, 2.75) is 52.2 Å². The summed E-state index contributed by atoms with van der Waals surface area (Å²) < 4.78 is 10.8. The summed E-state index contributed by atoms with van der Waals surface area (Å²) in [4.78, 5) is 16.9. The topological polar surface area (TPSA) is 54.0 Å². The Hall–Kier alpha value is -1.79. The fourth-order valence-electron chi connectivity index (χ4n) is 3.75. The van der Waals surface area contributed by atoms with Gasteiger partial charge in [-0.25, -0.2) is 0 Å². The van der Waals surface area contributed by atoms with Crippen LogP contribution in [0.2, 0.25) is 0 Å². The summed E-state index contributed by atoms with van der Waals surface area (Å²) in [5, 5.41) is 3.16. The van der Waals surface area contributed by atoms with Crippen molar-refractivity contribution in [1.82, 2.24) is 15.1 Å². The summed E-state index contributed by atoms with van der Waals surface area (Å²) >= 11 is 0. The van der Waals surface area contributed by atoms with Crippen LogP contribution in [0, 0.1) is 0 Å². The Morgan fingerprint density at radius 2 is 2.04 bits per heavy atom. The molecule has 2 aliphatic rings. The normalized spacial score (nSPS) is 18.5. The van der Waals surface area contributed by atoms with Crippen molar-refractivity contribution in [3.05, 3.63) is 23.8 Å². The van der Waals surface area contributed by atoms with Gasteiger partial charge in [0.1, 0.15) is 0 Å². The zero-order valence-electron chi connectivity index (χ0n) is 16.2. The molecule has 2 atom stereocenters. The Balaban J connectivity index is 1.50. The smallest absolute Gasteiger partial charge is 0.231 e. The van der Waals surface area contributed by atoms with E-state index < -0.39 is 0 Å². The minimum absolute atomic E-state index is 0.0212. The van der Waals surface area contributed by atoms with Gasteiger partial charge in [-0.1, -0.05) is 13.0 Å². The van der Waals surface area contributed by atoms with Crippen LogP contribution < -0.4 is 14.8 Å². The molecule has 0 spiro atoms. The molecule has 0 radical (unpaired) electrons. The van der Waals surface area contributed by atoms with Crippen LogP contribution in [0.5, 0.6) is 11.5 Å². The van der Waals surface area contributed by atoms with Crippen LogP contribution in [-0.4, -0.2) is 60.9 Å². The second-order valence-electron chi connectivity index (χ2n) is 7.26. The molecule has 0 saturated carbocycles. The van der Waals surface area contributed by atoms with Crippen LogP contribution in [0.15, 0.2) is 18.2 Å². The number of likely N-dealkylation sites (tertiary alicyclic amines) is 1. The van der Waals surface area contributed by atoms with Gasteiger partial charge in [-0.05, 0) is 64.0 Å². The van der Waals surface area contributed by atoms with E-state index in [0.29, 0.717) is 19.3 Å². The number of likely N-dealkylation sites (N-methyl/N-ethyl adjacent to an activating group) is 1. The molecule has 6 heteroatoms. The molecule has 2 heterocycles. The lowest BCUT2D eigenvalue weighted by Gasteiger charge is -2.35. The molecule has 1 amide bonds. The third kappa shape index (κ3) is 4.68. The number of hydrogen-bond donors (Lipinski definition) is 1. The van der Waals surface area contributed by atoms with Crippen LogP contribution in [0.4, 0.5) is 0 Å². The fourth-order valence-corrected chi connectivity index (χ4v) is 3.75. The monoisotopic (exact) mass is 361 g/mol. The highest BCUT2D eigenvalue weighted by Crippen LogP contribution is 2.33. The Morgan fingerprint density at radius 1 is 1.27 bits per heavy atom. The number of carbonyl (C=O) groups is 1. The second kappa shape index (κ2) is 8.73. The van der Waals surface area contributed by atoms with Gasteiger partial charge in [-0.3, -0.25) is 9.69 Å². The Bertz CT molecular complexity index is 618. The molecule has 1 aromatic carbocycles. The van der Waals surface area contributed by atoms with E-state index in [1.165, 1.54) is 12.0 Å². The van der Waals surface area contributed by atoms with E-state index in [1.807, 2.05) is 6.07 Å². The largest absolute Gasteiger partial charge is 0.454 e. The zero-order valence-corrected chi connectivity index (χ0v) is 16.2. The number of nitrogens with one attached hydrogen (secondary N) is 1. The van der Waals surface area contributed by atoms with E-state index in [9.17, 15) is 4.79 Å². The Morgan fingerprint density at radius 3 is 2.73 bits per heavy atom. The number of carbonyl (C=O) groups excluding carboxylic acids is 1. The minimum Gasteiger partial charge on any atom is -0.454 e. The lowest BCUT2D eigenvalue weighted by atomic mass is 10.0. The molecule has 26 heavy (non-hydrogen) atoms. The van der Waals surface area contributed by atoms with Crippen LogP contribution in [0.25, 0.3) is 0 Å². The molecule has 6 nitrogen and oxygen atoms in total. The van der Waals surface area contributed by atoms with E-state index in [2.05, 4.69) is 48.0 Å². The highest BCUT2D eigenvalue weighted by molar-refractivity contribution is 5.76. The second-order valence-corrected chi connectivity index (χ2v) is 7.26. The van der Waals surface area contributed by atoms with Gasteiger partial charge in [-0.15, -0.1) is 0 Å². The number of ether oxygens (including phenoxy) is 2. The van der Waals surface area contributed by atoms with E-state index in [-0.39, 0.29) is 12.1 Å². The van der Waals surface area contributed by atoms with Crippen molar-refractivity contribution in [1.29, 1.82) is 0 Å². The van der Waals surface area contributed by atoms with E-state index in [1.54, 1.807) is 0 Å². The predicted molar refractivity (Wildman–Crippen MR) is 101 cm³/mol. The van der Waals surface area contributed by atoms with Crippen molar-refractivity contribution < 1.29 is 14.3 Å². The first kappa shape index (κ1) is 19.0.